The lowest BCUT2D eigenvalue weighted by Crippen LogP contribution is -2.51. The zero-order chi connectivity index (χ0) is 30.0. The molecule has 0 saturated carbocycles. The lowest BCUT2D eigenvalue weighted by molar-refractivity contribution is -0.139. The van der Waals surface area contributed by atoms with E-state index in [1.807, 2.05) is 44.2 Å². The van der Waals surface area contributed by atoms with E-state index in [-0.39, 0.29) is 23.1 Å². The molecule has 0 saturated heterocycles. The predicted molar refractivity (Wildman–Crippen MR) is 160 cm³/mol. The first-order valence-electron chi connectivity index (χ1n) is 13.5. The van der Waals surface area contributed by atoms with E-state index in [9.17, 15) is 18.0 Å². The number of unbranched alkanes of at least 4 members (excludes halogenated alkanes) is 1. The maximum atomic E-state index is 14.1. The van der Waals surface area contributed by atoms with E-state index in [0.717, 1.165) is 28.3 Å². The van der Waals surface area contributed by atoms with Gasteiger partial charge in [-0.25, -0.2) is 8.42 Å². The van der Waals surface area contributed by atoms with Gasteiger partial charge in [0.2, 0.25) is 11.8 Å². The predicted octanol–water partition coefficient (Wildman–Crippen LogP) is 4.54. The number of benzene rings is 3. The topological polar surface area (TPSA) is 105 Å². The maximum absolute atomic E-state index is 14.1. The van der Waals surface area contributed by atoms with Gasteiger partial charge in [-0.05, 0) is 50.1 Å². The van der Waals surface area contributed by atoms with Crippen molar-refractivity contribution in [2.45, 2.75) is 51.1 Å². The summed E-state index contributed by atoms with van der Waals surface area (Å²) < 4.78 is 39.8. The van der Waals surface area contributed by atoms with Crippen LogP contribution in [0.3, 0.4) is 0 Å². The Hall–Kier alpha value is -4.05. The van der Waals surface area contributed by atoms with Crippen LogP contribution in [0, 0.1) is 6.92 Å². The van der Waals surface area contributed by atoms with Crippen molar-refractivity contribution >= 4 is 27.5 Å². The Labute approximate surface area is 243 Å². The van der Waals surface area contributed by atoms with Crippen LogP contribution in [-0.4, -0.2) is 58.5 Å². The fourth-order valence-electron chi connectivity index (χ4n) is 4.24. The van der Waals surface area contributed by atoms with E-state index in [2.05, 4.69) is 5.32 Å². The van der Waals surface area contributed by atoms with Crippen molar-refractivity contribution in [2.75, 3.05) is 31.6 Å². The van der Waals surface area contributed by atoms with Gasteiger partial charge in [0.15, 0.2) is 11.5 Å². The lowest BCUT2D eigenvalue weighted by Gasteiger charge is -2.32. The first-order valence-corrected chi connectivity index (χ1v) is 15.0. The molecular formula is C31H39N3O6S. The van der Waals surface area contributed by atoms with Crippen LogP contribution < -0.4 is 19.1 Å². The minimum Gasteiger partial charge on any atom is -0.493 e. The Bertz CT molecular complexity index is 1410. The highest BCUT2D eigenvalue weighted by Crippen LogP contribution is 2.32. The molecule has 1 N–H and O–H groups in total. The number of methoxy groups -OCH3 is 2. The summed E-state index contributed by atoms with van der Waals surface area (Å²) >= 11 is 0. The number of aryl methyl sites for hydroxylation is 1. The smallest absolute Gasteiger partial charge is 0.264 e. The molecule has 0 aromatic heterocycles. The van der Waals surface area contributed by atoms with Crippen molar-refractivity contribution in [2.24, 2.45) is 0 Å². The normalized spacial score (nSPS) is 11.8. The number of carbonyl (C=O) groups is 2. The average Bonchev–Trinajstić information content (AvgIpc) is 2.98. The van der Waals surface area contributed by atoms with E-state index >= 15 is 0 Å². The average molecular weight is 582 g/mol. The molecule has 0 heterocycles. The summed E-state index contributed by atoms with van der Waals surface area (Å²) in [6.07, 6.45) is 1.73. The summed E-state index contributed by atoms with van der Waals surface area (Å²) in [7, 11) is -1.36. The highest BCUT2D eigenvalue weighted by atomic mass is 32.2. The monoisotopic (exact) mass is 581 g/mol. The summed E-state index contributed by atoms with van der Waals surface area (Å²) in [6.45, 7) is 5.69. The van der Waals surface area contributed by atoms with Crippen LogP contribution in [0.4, 0.5) is 5.69 Å². The van der Waals surface area contributed by atoms with Crippen molar-refractivity contribution in [3.8, 4) is 11.5 Å². The van der Waals surface area contributed by atoms with Crippen LogP contribution in [0.25, 0.3) is 0 Å². The van der Waals surface area contributed by atoms with Crippen molar-refractivity contribution < 1.29 is 27.5 Å². The second kappa shape index (κ2) is 14.5. The molecule has 9 nitrogen and oxygen atoms in total. The third-order valence-corrected chi connectivity index (χ3v) is 8.51. The molecule has 0 aliphatic heterocycles. The molecule has 3 rings (SSSR count). The molecule has 220 valence electrons. The second-order valence-corrected chi connectivity index (χ2v) is 11.6. The summed E-state index contributed by atoms with van der Waals surface area (Å²) in [5.74, 6) is -0.197. The Morgan fingerprint density at radius 1 is 0.927 bits per heavy atom. The molecule has 2 amide bonds. The van der Waals surface area contributed by atoms with Crippen LogP contribution in [0.5, 0.6) is 11.5 Å². The largest absolute Gasteiger partial charge is 0.493 e. The first kappa shape index (κ1) is 31.5. The van der Waals surface area contributed by atoms with Gasteiger partial charge in [0, 0.05) is 19.2 Å². The highest BCUT2D eigenvalue weighted by Gasteiger charge is 2.33. The van der Waals surface area contributed by atoms with Gasteiger partial charge in [-0.15, -0.1) is 0 Å². The zero-order valence-corrected chi connectivity index (χ0v) is 25.1. The fraction of sp³-hybridized carbons (Fsp3) is 0.355. The van der Waals surface area contributed by atoms with Gasteiger partial charge in [0.05, 0.1) is 24.8 Å². The number of carbonyl (C=O) groups excluding carboxylic acids is 2. The number of amides is 2. The number of hydrogen-bond donors (Lipinski definition) is 1. The molecule has 0 aliphatic rings. The van der Waals surface area contributed by atoms with E-state index in [4.69, 9.17) is 9.47 Å². The van der Waals surface area contributed by atoms with E-state index in [1.54, 1.807) is 31.2 Å². The van der Waals surface area contributed by atoms with Gasteiger partial charge in [0.25, 0.3) is 10.0 Å². The molecule has 0 aliphatic carbocycles. The maximum Gasteiger partial charge on any atom is 0.264 e. The fourth-order valence-corrected chi connectivity index (χ4v) is 5.67. The van der Waals surface area contributed by atoms with Crippen molar-refractivity contribution in [1.82, 2.24) is 10.2 Å². The molecule has 3 aromatic rings. The van der Waals surface area contributed by atoms with Crippen LogP contribution in [0.1, 0.15) is 37.8 Å². The Kier molecular flexibility index (Phi) is 11.2. The summed E-state index contributed by atoms with van der Waals surface area (Å²) in [5, 5.41) is 2.88. The van der Waals surface area contributed by atoms with Crippen molar-refractivity contribution in [3.05, 3.63) is 83.9 Å². The molecule has 0 radical (unpaired) electrons. The second-order valence-electron chi connectivity index (χ2n) is 9.69. The van der Waals surface area contributed by atoms with Gasteiger partial charge < -0.3 is 19.7 Å². The molecule has 3 aromatic carbocycles. The molecule has 0 fully saturated rings. The van der Waals surface area contributed by atoms with E-state index in [1.165, 1.54) is 37.3 Å². The number of rotatable bonds is 14. The summed E-state index contributed by atoms with van der Waals surface area (Å²) in [5.41, 5.74) is 2.07. The van der Waals surface area contributed by atoms with Crippen molar-refractivity contribution in [3.63, 3.8) is 0 Å². The summed E-state index contributed by atoms with van der Waals surface area (Å²) in [4.78, 5) is 28.4. The van der Waals surface area contributed by atoms with Crippen LogP contribution in [0.2, 0.25) is 0 Å². The number of ether oxygens (including phenoxy) is 2. The molecular weight excluding hydrogens is 542 g/mol. The molecule has 10 heteroatoms. The van der Waals surface area contributed by atoms with Gasteiger partial charge in [0.1, 0.15) is 12.6 Å². The van der Waals surface area contributed by atoms with Gasteiger partial charge >= 0.3 is 0 Å². The van der Waals surface area contributed by atoms with Crippen LogP contribution in [-0.2, 0) is 26.2 Å². The number of hydrogen-bond acceptors (Lipinski definition) is 6. The van der Waals surface area contributed by atoms with Gasteiger partial charge in [-0.2, -0.15) is 0 Å². The lowest BCUT2D eigenvalue weighted by atomic mass is 10.1. The standard InChI is InChI=1S/C31H39N3O6S/c1-6-7-19-32-31(36)24(3)33(21-25-11-9-8-10-12-25)30(35)22-34(26-15-13-23(2)14-16-26)41(37,38)27-17-18-28(39-4)29(20-27)40-5/h8-18,20,24H,6-7,19,21-22H2,1-5H3,(H,32,36). The molecule has 1 atom stereocenters. The van der Waals surface area contributed by atoms with Gasteiger partial charge in [-0.1, -0.05) is 61.4 Å². The molecule has 0 bridgehead atoms. The molecule has 0 spiro atoms. The third kappa shape index (κ3) is 8.00. The zero-order valence-electron chi connectivity index (χ0n) is 24.3. The van der Waals surface area contributed by atoms with Crippen molar-refractivity contribution in [1.29, 1.82) is 0 Å². The first-order chi connectivity index (χ1) is 19.6. The molecule has 41 heavy (non-hydrogen) atoms. The Morgan fingerprint density at radius 2 is 1.59 bits per heavy atom. The SMILES string of the molecule is CCCCNC(=O)C(C)N(Cc1ccccc1)C(=O)CN(c1ccc(C)cc1)S(=O)(=O)c1ccc(OC)c(OC)c1. The minimum atomic E-state index is -4.24. The summed E-state index contributed by atoms with van der Waals surface area (Å²) in [6, 6.07) is 19.6. The third-order valence-electron chi connectivity index (χ3n) is 6.74. The Balaban J connectivity index is 2.02. The highest BCUT2D eigenvalue weighted by molar-refractivity contribution is 7.92. The van der Waals surface area contributed by atoms with Crippen LogP contribution >= 0.6 is 0 Å². The van der Waals surface area contributed by atoms with E-state index in [0.29, 0.717) is 18.0 Å². The Morgan fingerprint density at radius 3 is 2.20 bits per heavy atom. The number of nitrogens with one attached hydrogen (secondary N) is 1. The minimum absolute atomic E-state index is 0.0662. The number of nitrogens with zero attached hydrogens (tertiary/aromatic N) is 2. The van der Waals surface area contributed by atoms with E-state index < -0.39 is 28.5 Å². The van der Waals surface area contributed by atoms with Crippen LogP contribution in [0.15, 0.2) is 77.7 Å². The van der Waals surface area contributed by atoms with Gasteiger partial charge in [-0.3, -0.25) is 13.9 Å². The molecule has 1 unspecified atom stereocenters. The quantitative estimate of drug-likeness (QED) is 0.280. The number of sulfonamides is 1. The number of anilines is 1.